The molecule has 4 heterocycles. The van der Waals surface area contributed by atoms with Crippen LogP contribution in [0.3, 0.4) is 0 Å². The standard InChI is InChI=1S/C41H48N2.C10H6N3.Au/c1-26(2)34-11-9-12-35(27(3)4)40(34)42-25-43(41-36(28(5)6)13-10-14-37(41)29(7)8)39-33-22-20-31-17-15-30(16-18-31)19-21-32(23-24-33)38(39)42;1-3-11-5-7-8-6-12-4-2-10(8)13-9(1)7;/h9-18,23-24,26-29H,19-22H2,1-8H3;1-6H;/q;-1;. The molecule has 1 radical (unpaired) electrons. The Bertz CT molecular complexity index is 2430. The van der Waals surface area contributed by atoms with E-state index in [1.165, 1.54) is 66.9 Å². The Morgan fingerprint density at radius 3 is 1.51 bits per heavy atom. The molecule has 0 saturated carbocycles. The topological polar surface area (TPSA) is 48.7 Å². The third-order valence-corrected chi connectivity index (χ3v) is 11.6. The maximum absolute atomic E-state index is 4.44. The summed E-state index contributed by atoms with van der Waals surface area (Å²) in [6, 6.07) is 31.9. The summed E-state index contributed by atoms with van der Waals surface area (Å²) >= 11 is 0. The molecule has 4 aliphatic carbocycles. The molecule has 0 atom stereocenters. The Hall–Kier alpha value is -4.81. The Balaban J connectivity index is 0.000000297. The summed E-state index contributed by atoms with van der Waals surface area (Å²) < 4.78 is 4.96. The molecule has 12 rings (SSSR count). The fourth-order valence-corrected chi connectivity index (χ4v) is 8.57. The Morgan fingerprint density at radius 2 is 1.02 bits per heavy atom. The third kappa shape index (κ3) is 7.78. The number of hydrogen-bond donors (Lipinski definition) is 0. The van der Waals surface area contributed by atoms with Crippen LogP contribution in [0.1, 0.15) is 124 Å². The van der Waals surface area contributed by atoms with E-state index < -0.39 is 0 Å². The quantitative estimate of drug-likeness (QED) is 0.0948. The summed E-state index contributed by atoms with van der Waals surface area (Å²) in [5.41, 5.74) is 18.4. The van der Waals surface area contributed by atoms with Gasteiger partial charge in [-0.05, 0) is 105 Å². The van der Waals surface area contributed by atoms with Gasteiger partial charge < -0.3 is 4.98 Å². The monoisotopic (exact) mass is 933 g/mol. The van der Waals surface area contributed by atoms with Gasteiger partial charge in [-0.15, -0.1) is 11.0 Å². The van der Waals surface area contributed by atoms with E-state index in [1.54, 1.807) is 12.4 Å². The van der Waals surface area contributed by atoms with Crippen LogP contribution in [0, 0.1) is 6.33 Å². The molecule has 0 aliphatic heterocycles. The molecule has 8 aromatic rings. The van der Waals surface area contributed by atoms with Crippen LogP contribution in [0.15, 0.2) is 110 Å². The van der Waals surface area contributed by atoms with Crippen molar-refractivity contribution in [1.82, 2.24) is 19.5 Å². The zero-order chi connectivity index (χ0) is 39.1. The van der Waals surface area contributed by atoms with Gasteiger partial charge in [-0.25, -0.2) is 0 Å². The molecule has 0 amide bonds. The fraction of sp³-hybridized carbons (Fsp3) is 0.314. The van der Waals surface area contributed by atoms with Crippen LogP contribution >= 0.6 is 0 Å². The number of para-hydroxylation sites is 2. The third-order valence-electron chi connectivity index (χ3n) is 11.6. The molecule has 4 bridgehead atoms. The zero-order valence-corrected chi connectivity index (χ0v) is 36.7. The molecule has 4 aromatic carbocycles. The van der Waals surface area contributed by atoms with E-state index in [1.807, 2.05) is 24.5 Å². The number of aryl methyl sites for hydroxylation is 4. The van der Waals surface area contributed by atoms with E-state index in [0.29, 0.717) is 23.7 Å². The Kier molecular flexibility index (Phi) is 12.0. The minimum atomic E-state index is 0. The van der Waals surface area contributed by atoms with Crippen molar-refractivity contribution in [2.24, 2.45) is 0 Å². The maximum atomic E-state index is 4.44. The average Bonchev–Trinajstić information content (AvgIpc) is 3.78. The van der Waals surface area contributed by atoms with Crippen LogP contribution in [0.5, 0.6) is 0 Å². The predicted octanol–water partition coefficient (Wildman–Crippen LogP) is 11.8. The molecule has 295 valence electrons. The van der Waals surface area contributed by atoms with Gasteiger partial charge in [0.25, 0.3) is 6.33 Å². The van der Waals surface area contributed by atoms with Gasteiger partial charge in [0, 0.05) is 47.2 Å². The van der Waals surface area contributed by atoms with Crippen LogP contribution in [0.4, 0.5) is 0 Å². The SMILES string of the molecule is CC(C)c1cccc(C(C)C)c1-n1[c-][n+](-c2c(C(C)C)cccc2C(C)C)c2c3ccc(c21)CCc1ccc(cc1)CC3.[Au].c1cc2[n-]c3ccncc3c2cn1. The summed E-state index contributed by atoms with van der Waals surface area (Å²) in [5, 5.41) is 2.15. The molecule has 57 heavy (non-hydrogen) atoms. The van der Waals surface area contributed by atoms with Crippen molar-refractivity contribution in [1.29, 1.82) is 0 Å². The van der Waals surface area contributed by atoms with Crippen molar-refractivity contribution in [3.63, 3.8) is 0 Å². The molecule has 4 aromatic heterocycles. The zero-order valence-electron chi connectivity index (χ0n) is 34.6. The first-order valence-electron chi connectivity index (χ1n) is 20.6. The number of hydrogen-bond acceptors (Lipinski definition) is 2. The van der Waals surface area contributed by atoms with Crippen LogP contribution in [0.25, 0.3) is 44.2 Å². The van der Waals surface area contributed by atoms with Gasteiger partial charge >= 0.3 is 0 Å². The minimum Gasteiger partial charge on any atom is -0.657 e. The van der Waals surface area contributed by atoms with Crippen LogP contribution in [-0.2, 0) is 48.1 Å². The second-order valence-corrected chi connectivity index (χ2v) is 16.8. The minimum absolute atomic E-state index is 0. The largest absolute Gasteiger partial charge is 0.657 e. The summed E-state index contributed by atoms with van der Waals surface area (Å²) in [6.07, 6.45) is 15.3. The summed E-state index contributed by atoms with van der Waals surface area (Å²) in [7, 11) is 0. The second-order valence-electron chi connectivity index (χ2n) is 16.8. The Morgan fingerprint density at radius 1 is 0.561 bits per heavy atom. The first-order chi connectivity index (χ1) is 27.1. The van der Waals surface area contributed by atoms with Gasteiger partial charge in [0.1, 0.15) is 0 Å². The van der Waals surface area contributed by atoms with E-state index in [-0.39, 0.29) is 22.4 Å². The number of aromatic nitrogens is 5. The fourth-order valence-electron chi connectivity index (χ4n) is 8.57. The summed E-state index contributed by atoms with van der Waals surface area (Å²) in [6.45, 7) is 18.6. The number of benzene rings is 4. The van der Waals surface area contributed by atoms with Crippen molar-refractivity contribution >= 4 is 32.8 Å². The van der Waals surface area contributed by atoms with Crippen molar-refractivity contribution < 1.29 is 26.9 Å². The molecule has 0 unspecified atom stereocenters. The molecule has 4 aliphatic rings. The van der Waals surface area contributed by atoms with Gasteiger partial charge in [-0.2, -0.15) is 0 Å². The second kappa shape index (κ2) is 17.0. The number of nitrogens with zero attached hydrogens (tertiary/aromatic N) is 5. The van der Waals surface area contributed by atoms with E-state index in [4.69, 9.17) is 0 Å². The number of fused-ring (bicyclic) bond motifs is 3. The molecular weight excluding hydrogens is 880 g/mol. The van der Waals surface area contributed by atoms with Crippen molar-refractivity contribution in [3.05, 3.63) is 161 Å². The normalized spacial score (nSPS) is 12.8. The molecule has 6 heteroatoms. The van der Waals surface area contributed by atoms with Gasteiger partial charge in [0.15, 0.2) is 0 Å². The van der Waals surface area contributed by atoms with E-state index in [0.717, 1.165) is 47.5 Å². The van der Waals surface area contributed by atoms with Crippen LogP contribution in [0.2, 0.25) is 0 Å². The molecule has 0 N–H and O–H groups in total. The summed E-state index contributed by atoms with van der Waals surface area (Å²) in [5.74, 6) is 1.60. The van der Waals surface area contributed by atoms with Gasteiger partial charge in [-0.3, -0.25) is 19.1 Å². The van der Waals surface area contributed by atoms with Crippen molar-refractivity contribution in [3.8, 4) is 11.4 Å². The van der Waals surface area contributed by atoms with E-state index in [2.05, 4.69) is 159 Å². The van der Waals surface area contributed by atoms with E-state index >= 15 is 0 Å². The molecule has 0 fully saturated rings. The van der Waals surface area contributed by atoms with Gasteiger partial charge in [0.05, 0.1) is 22.4 Å². The van der Waals surface area contributed by atoms with Crippen LogP contribution < -0.4 is 9.55 Å². The first-order valence-corrected chi connectivity index (χ1v) is 20.6. The van der Waals surface area contributed by atoms with E-state index in [9.17, 15) is 0 Å². The number of pyridine rings is 2. The smallest absolute Gasteiger partial charge is 0.269 e. The van der Waals surface area contributed by atoms with Crippen molar-refractivity contribution in [2.45, 2.75) is 105 Å². The van der Waals surface area contributed by atoms with Gasteiger partial charge in [-0.1, -0.05) is 140 Å². The average molecular weight is 934 g/mol. The molecule has 0 spiro atoms. The molecule has 5 nitrogen and oxygen atoms in total. The van der Waals surface area contributed by atoms with Gasteiger partial charge in [0.2, 0.25) is 0 Å². The maximum Gasteiger partial charge on any atom is 0.269 e. The van der Waals surface area contributed by atoms with Crippen molar-refractivity contribution in [2.75, 3.05) is 0 Å². The first kappa shape index (κ1) is 40.4. The number of rotatable bonds is 6. The Labute approximate surface area is 354 Å². The molecular formula is C51H54AuN5-. The molecule has 0 saturated heterocycles. The van der Waals surface area contributed by atoms with Crippen LogP contribution in [-0.4, -0.2) is 14.5 Å². The predicted molar refractivity (Wildman–Crippen MR) is 232 cm³/mol. The summed E-state index contributed by atoms with van der Waals surface area (Å²) in [4.78, 5) is 12.6. The number of imidazole rings is 1.